The largest absolute Gasteiger partial charge is 0.299 e. The second-order valence-electron chi connectivity index (χ2n) is 10.2. The third-order valence-electron chi connectivity index (χ3n) is 7.96. The van der Waals surface area contributed by atoms with Gasteiger partial charge in [-0.3, -0.25) is 34.5 Å². The van der Waals surface area contributed by atoms with Crippen LogP contribution >= 0.6 is 0 Å². The van der Waals surface area contributed by atoms with Crippen molar-refractivity contribution in [1.29, 1.82) is 0 Å². The average Bonchev–Trinajstić information content (AvgIpc) is 3.14. The van der Waals surface area contributed by atoms with Gasteiger partial charge in [0.15, 0.2) is 0 Å². The highest BCUT2D eigenvalue weighted by Crippen LogP contribution is 2.45. The molecule has 3 amide bonds. The molecule has 6 rings (SSSR count). The number of imide groups is 1. The van der Waals surface area contributed by atoms with Crippen LogP contribution in [0.1, 0.15) is 54.1 Å². The van der Waals surface area contributed by atoms with E-state index in [4.69, 9.17) is 4.98 Å². The molecule has 2 aromatic carbocycles. The first-order valence-electron chi connectivity index (χ1n) is 12.3. The van der Waals surface area contributed by atoms with Gasteiger partial charge in [-0.1, -0.05) is 43.3 Å². The zero-order chi connectivity index (χ0) is 24.2. The van der Waals surface area contributed by atoms with E-state index < -0.39 is 11.9 Å². The molecule has 1 N–H and O–H groups in total. The van der Waals surface area contributed by atoms with Crippen molar-refractivity contribution in [2.24, 2.45) is 0 Å². The fourth-order valence-electron chi connectivity index (χ4n) is 5.91. The molecule has 178 valence electrons. The predicted molar refractivity (Wildman–Crippen MR) is 133 cm³/mol. The van der Waals surface area contributed by atoms with Crippen molar-refractivity contribution in [1.82, 2.24) is 15.2 Å². The first-order chi connectivity index (χ1) is 16.9. The summed E-state index contributed by atoms with van der Waals surface area (Å²) in [4.78, 5) is 46.5. The van der Waals surface area contributed by atoms with E-state index in [2.05, 4.69) is 47.5 Å². The van der Waals surface area contributed by atoms with Crippen molar-refractivity contribution in [3.05, 3.63) is 71.4 Å². The van der Waals surface area contributed by atoms with Crippen LogP contribution in [-0.4, -0.2) is 46.7 Å². The molecule has 35 heavy (non-hydrogen) atoms. The molecule has 3 aliphatic heterocycles. The molecule has 3 aromatic rings. The van der Waals surface area contributed by atoms with Gasteiger partial charge in [-0.2, -0.15) is 0 Å². The van der Waals surface area contributed by atoms with Crippen LogP contribution < -0.4 is 10.2 Å². The normalized spacial score (nSPS) is 22.0. The number of nitrogens with zero attached hydrogens (tertiary/aromatic N) is 3. The number of piperidine rings is 2. The standard InChI is InChI=1S/C28H28N4O3/c1-28(12-15-31(16-13-28)17-18-5-3-2-4-6-18)20-8-7-19-24-21(11-14-29-25(20)24)32(27(19)35)22-9-10-23(33)30-26(22)34/h2-8,11,14,22H,9-10,12-13,15-17H2,1H3,(H,30,33,34). The number of hydrogen-bond donors (Lipinski definition) is 1. The number of nitrogens with one attached hydrogen (secondary N) is 1. The molecule has 1 aromatic heterocycles. The van der Waals surface area contributed by atoms with Crippen molar-refractivity contribution < 1.29 is 14.4 Å². The Hall–Kier alpha value is -3.58. The highest BCUT2D eigenvalue weighted by Gasteiger charge is 2.42. The number of carbonyl (C=O) groups is 3. The highest BCUT2D eigenvalue weighted by atomic mass is 16.2. The topological polar surface area (TPSA) is 82.6 Å². The molecule has 4 heterocycles. The van der Waals surface area contributed by atoms with Crippen LogP contribution in [-0.2, 0) is 21.5 Å². The Labute approximate surface area is 204 Å². The van der Waals surface area contributed by atoms with Crippen molar-refractivity contribution in [2.45, 2.75) is 50.6 Å². The van der Waals surface area contributed by atoms with Crippen LogP contribution in [0, 0.1) is 0 Å². The predicted octanol–water partition coefficient (Wildman–Crippen LogP) is 3.55. The van der Waals surface area contributed by atoms with Crippen LogP contribution in [0.3, 0.4) is 0 Å². The maximum absolute atomic E-state index is 13.4. The van der Waals surface area contributed by atoms with Crippen molar-refractivity contribution in [3.63, 3.8) is 0 Å². The number of carbonyl (C=O) groups excluding carboxylic acids is 3. The van der Waals surface area contributed by atoms with Crippen LogP contribution in [0.15, 0.2) is 54.7 Å². The molecule has 0 spiro atoms. The molecule has 1 atom stereocenters. The number of anilines is 1. The van der Waals surface area contributed by atoms with Gasteiger partial charge in [0, 0.05) is 24.5 Å². The lowest BCUT2D eigenvalue weighted by Gasteiger charge is -2.40. The summed E-state index contributed by atoms with van der Waals surface area (Å²) in [5, 5.41) is 3.21. The monoisotopic (exact) mass is 468 g/mol. The zero-order valence-corrected chi connectivity index (χ0v) is 19.8. The van der Waals surface area contributed by atoms with E-state index in [0.717, 1.165) is 54.6 Å². The van der Waals surface area contributed by atoms with E-state index in [1.807, 2.05) is 18.2 Å². The van der Waals surface area contributed by atoms with Gasteiger partial charge in [0.2, 0.25) is 11.8 Å². The fourth-order valence-corrected chi connectivity index (χ4v) is 5.91. The van der Waals surface area contributed by atoms with Crippen LogP contribution in [0.2, 0.25) is 0 Å². The van der Waals surface area contributed by atoms with Gasteiger partial charge in [-0.15, -0.1) is 0 Å². The van der Waals surface area contributed by atoms with Gasteiger partial charge >= 0.3 is 0 Å². The van der Waals surface area contributed by atoms with Gasteiger partial charge in [-0.05, 0) is 61.0 Å². The maximum atomic E-state index is 13.4. The third-order valence-corrected chi connectivity index (χ3v) is 7.96. The summed E-state index contributed by atoms with van der Waals surface area (Å²) in [6, 6.07) is 15.7. The molecule has 2 fully saturated rings. The van der Waals surface area contributed by atoms with Crippen LogP contribution in [0.4, 0.5) is 5.69 Å². The van der Waals surface area contributed by atoms with E-state index in [1.54, 1.807) is 11.1 Å². The number of pyridine rings is 1. The second-order valence-corrected chi connectivity index (χ2v) is 10.2. The molecular weight excluding hydrogens is 440 g/mol. The molecule has 7 heteroatoms. The molecule has 0 aliphatic carbocycles. The molecule has 0 radical (unpaired) electrons. The Morgan fingerprint density at radius 2 is 1.80 bits per heavy atom. The van der Waals surface area contributed by atoms with Crippen molar-refractivity contribution >= 4 is 34.3 Å². The molecule has 2 saturated heterocycles. The number of likely N-dealkylation sites (tertiary alicyclic amines) is 1. The Balaban J connectivity index is 1.31. The fraction of sp³-hybridized carbons (Fsp3) is 0.357. The maximum Gasteiger partial charge on any atom is 0.259 e. The lowest BCUT2D eigenvalue weighted by atomic mass is 9.73. The summed E-state index contributed by atoms with van der Waals surface area (Å²) >= 11 is 0. The zero-order valence-electron chi connectivity index (χ0n) is 19.8. The first kappa shape index (κ1) is 21.9. The average molecular weight is 469 g/mol. The molecule has 0 saturated carbocycles. The van der Waals surface area contributed by atoms with Crippen molar-refractivity contribution in [2.75, 3.05) is 18.0 Å². The minimum absolute atomic E-state index is 0.0531. The molecule has 0 bridgehead atoms. The van der Waals surface area contributed by atoms with E-state index in [9.17, 15) is 14.4 Å². The summed E-state index contributed by atoms with van der Waals surface area (Å²) in [6.07, 6.45) is 4.30. The lowest BCUT2D eigenvalue weighted by Crippen LogP contribution is -2.53. The number of benzene rings is 2. The van der Waals surface area contributed by atoms with Gasteiger partial charge in [0.1, 0.15) is 6.04 Å². The minimum Gasteiger partial charge on any atom is -0.299 e. The minimum atomic E-state index is -0.682. The number of aromatic nitrogens is 1. The van der Waals surface area contributed by atoms with Crippen molar-refractivity contribution in [3.8, 4) is 0 Å². The summed E-state index contributed by atoms with van der Waals surface area (Å²) in [5.74, 6) is -0.892. The Morgan fingerprint density at radius 3 is 2.54 bits per heavy atom. The summed E-state index contributed by atoms with van der Waals surface area (Å²) in [7, 11) is 0. The Kier molecular flexibility index (Phi) is 5.18. The smallest absolute Gasteiger partial charge is 0.259 e. The Bertz CT molecular complexity index is 1350. The SMILES string of the molecule is CC1(c2ccc3c4c(ccnc24)N(C2CCC(=O)NC2=O)C3=O)CCN(Cc2ccccc2)CC1. The van der Waals surface area contributed by atoms with Crippen LogP contribution in [0.5, 0.6) is 0 Å². The summed E-state index contributed by atoms with van der Waals surface area (Å²) in [5.41, 5.74) is 4.59. The third kappa shape index (κ3) is 3.62. The molecule has 7 nitrogen and oxygen atoms in total. The lowest BCUT2D eigenvalue weighted by molar-refractivity contribution is -0.134. The van der Waals surface area contributed by atoms with Crippen LogP contribution in [0.25, 0.3) is 10.9 Å². The number of hydrogen-bond acceptors (Lipinski definition) is 5. The molecule has 1 unspecified atom stereocenters. The van der Waals surface area contributed by atoms with E-state index in [0.29, 0.717) is 12.0 Å². The quantitative estimate of drug-likeness (QED) is 0.592. The molecule has 3 aliphatic rings. The highest BCUT2D eigenvalue weighted by molar-refractivity contribution is 6.27. The van der Waals surface area contributed by atoms with Gasteiger partial charge in [0.05, 0.1) is 16.8 Å². The van der Waals surface area contributed by atoms with Gasteiger partial charge in [0.25, 0.3) is 5.91 Å². The van der Waals surface area contributed by atoms with E-state index in [1.165, 1.54) is 5.56 Å². The Morgan fingerprint density at radius 1 is 1.03 bits per heavy atom. The van der Waals surface area contributed by atoms with Gasteiger partial charge < -0.3 is 0 Å². The second kappa shape index (κ2) is 8.27. The molecular formula is C28H28N4O3. The number of rotatable bonds is 4. The van der Waals surface area contributed by atoms with E-state index in [-0.39, 0.29) is 23.7 Å². The summed E-state index contributed by atoms with van der Waals surface area (Å²) in [6.45, 7) is 5.24. The first-order valence-corrected chi connectivity index (χ1v) is 12.3. The van der Waals surface area contributed by atoms with Gasteiger partial charge in [-0.25, -0.2) is 0 Å². The summed E-state index contributed by atoms with van der Waals surface area (Å²) < 4.78 is 0. The number of amides is 3. The van der Waals surface area contributed by atoms with E-state index >= 15 is 0 Å².